The lowest BCUT2D eigenvalue weighted by Gasteiger charge is -2.49. The molecule has 3 aliphatic rings. The molecule has 3 fully saturated rings. The Kier molecular flexibility index (Phi) is 5.79. The number of ether oxygens (including phenoxy) is 1. The van der Waals surface area contributed by atoms with Crippen molar-refractivity contribution in [2.45, 2.75) is 38.8 Å². The third-order valence-corrected chi connectivity index (χ3v) is 5.91. The van der Waals surface area contributed by atoms with Crippen LogP contribution in [-0.4, -0.2) is 85.3 Å². The molecule has 4 rings (SSSR count). The number of hydrogen-bond donors (Lipinski definition) is 1. The number of urea groups is 1. The minimum Gasteiger partial charge on any atom is -0.444 e. The van der Waals surface area contributed by atoms with Gasteiger partial charge in [-0.3, -0.25) is 19.9 Å². The van der Waals surface area contributed by atoms with Crippen LogP contribution in [0.1, 0.15) is 27.2 Å². The highest BCUT2D eigenvalue weighted by molar-refractivity contribution is 6.05. The fraction of sp³-hybridized carbons (Fsp3) is 0.591. The average Bonchev–Trinajstić information content (AvgIpc) is 2.66. The van der Waals surface area contributed by atoms with Crippen LogP contribution in [0.3, 0.4) is 0 Å². The lowest BCUT2D eigenvalue weighted by Crippen LogP contribution is -2.63. The van der Waals surface area contributed by atoms with Gasteiger partial charge >= 0.3 is 12.1 Å². The van der Waals surface area contributed by atoms with Crippen LogP contribution in [0, 0.1) is 0 Å². The molecule has 0 radical (unpaired) electrons. The highest BCUT2D eigenvalue weighted by atomic mass is 16.6. The van der Waals surface area contributed by atoms with E-state index < -0.39 is 5.60 Å². The fourth-order valence-corrected chi connectivity index (χ4v) is 4.16. The van der Waals surface area contributed by atoms with Crippen LogP contribution in [0.4, 0.5) is 21.0 Å². The van der Waals surface area contributed by atoms with Gasteiger partial charge in [0.1, 0.15) is 5.60 Å². The number of benzene rings is 1. The molecule has 1 N–H and O–H groups in total. The summed E-state index contributed by atoms with van der Waals surface area (Å²) in [6.45, 7) is 11.0. The molecule has 1 aromatic rings. The zero-order valence-corrected chi connectivity index (χ0v) is 18.5. The summed E-state index contributed by atoms with van der Waals surface area (Å²) in [5, 5.41) is 2.37. The molecule has 9 nitrogen and oxygen atoms in total. The van der Waals surface area contributed by atoms with Crippen molar-refractivity contribution in [1.82, 2.24) is 15.1 Å². The highest BCUT2D eigenvalue weighted by Gasteiger charge is 2.35. The highest BCUT2D eigenvalue weighted by Crippen LogP contribution is 2.29. The van der Waals surface area contributed by atoms with E-state index in [0.717, 1.165) is 37.6 Å². The summed E-state index contributed by atoms with van der Waals surface area (Å²) in [6, 6.07) is 7.99. The van der Waals surface area contributed by atoms with Crippen molar-refractivity contribution < 1.29 is 19.1 Å². The van der Waals surface area contributed by atoms with Gasteiger partial charge in [0.05, 0.1) is 0 Å². The molecule has 1 aromatic carbocycles. The van der Waals surface area contributed by atoms with Gasteiger partial charge in [-0.2, -0.15) is 0 Å². The van der Waals surface area contributed by atoms with Crippen LogP contribution in [0.2, 0.25) is 0 Å². The summed E-state index contributed by atoms with van der Waals surface area (Å²) in [6.07, 6.45) is 0.0828. The smallest absolute Gasteiger partial charge is 0.410 e. The third-order valence-electron chi connectivity index (χ3n) is 5.91. The Morgan fingerprint density at radius 3 is 2.35 bits per heavy atom. The maximum absolute atomic E-state index is 12.2. The molecular formula is C22H31N5O4. The van der Waals surface area contributed by atoms with Crippen molar-refractivity contribution in [3.05, 3.63) is 24.3 Å². The van der Waals surface area contributed by atoms with Crippen molar-refractivity contribution in [2.24, 2.45) is 0 Å². The molecule has 31 heavy (non-hydrogen) atoms. The second kappa shape index (κ2) is 8.37. The SMILES string of the molecule is CC(C)(C)OC(=O)N1CCN(C2CN(c3cccc(N4CCC(=O)NC4=O)c3)C2)CC1. The van der Waals surface area contributed by atoms with E-state index in [1.54, 1.807) is 9.80 Å². The molecule has 0 bridgehead atoms. The average molecular weight is 430 g/mol. The van der Waals surface area contributed by atoms with Gasteiger partial charge < -0.3 is 14.5 Å². The van der Waals surface area contributed by atoms with E-state index in [2.05, 4.69) is 15.1 Å². The second-order valence-corrected chi connectivity index (χ2v) is 9.34. The van der Waals surface area contributed by atoms with Crippen LogP contribution in [-0.2, 0) is 9.53 Å². The van der Waals surface area contributed by atoms with Crippen LogP contribution in [0.25, 0.3) is 0 Å². The molecule has 0 aliphatic carbocycles. The predicted molar refractivity (Wildman–Crippen MR) is 117 cm³/mol. The Labute approximate surface area is 182 Å². The first-order valence-electron chi connectivity index (χ1n) is 10.9. The lowest BCUT2D eigenvalue weighted by molar-refractivity contribution is -0.120. The fourth-order valence-electron chi connectivity index (χ4n) is 4.16. The van der Waals surface area contributed by atoms with E-state index in [0.29, 0.717) is 32.1 Å². The first kappa shape index (κ1) is 21.4. The van der Waals surface area contributed by atoms with E-state index in [1.807, 2.05) is 45.0 Å². The maximum Gasteiger partial charge on any atom is 0.410 e. The summed E-state index contributed by atoms with van der Waals surface area (Å²) in [5.74, 6) is -0.227. The lowest BCUT2D eigenvalue weighted by atomic mass is 10.0. The number of anilines is 2. The number of piperazine rings is 1. The van der Waals surface area contributed by atoms with Crippen molar-refractivity contribution >= 4 is 29.4 Å². The third kappa shape index (κ3) is 4.92. The zero-order valence-electron chi connectivity index (χ0n) is 18.5. The van der Waals surface area contributed by atoms with Crippen LogP contribution in [0.15, 0.2) is 24.3 Å². The summed E-state index contributed by atoms with van der Waals surface area (Å²) in [7, 11) is 0. The predicted octanol–water partition coefficient (Wildman–Crippen LogP) is 1.87. The molecule has 0 saturated carbocycles. The number of nitrogens with one attached hydrogen (secondary N) is 1. The minimum atomic E-state index is -0.471. The van der Waals surface area contributed by atoms with E-state index in [-0.39, 0.29) is 18.0 Å². The largest absolute Gasteiger partial charge is 0.444 e. The van der Waals surface area contributed by atoms with Crippen molar-refractivity contribution in [3.8, 4) is 0 Å². The van der Waals surface area contributed by atoms with E-state index >= 15 is 0 Å². The molecular weight excluding hydrogens is 398 g/mol. The van der Waals surface area contributed by atoms with Gasteiger partial charge in [0.15, 0.2) is 0 Å². The van der Waals surface area contributed by atoms with Gasteiger partial charge in [0.25, 0.3) is 0 Å². The van der Waals surface area contributed by atoms with Crippen LogP contribution < -0.4 is 15.1 Å². The van der Waals surface area contributed by atoms with E-state index in [4.69, 9.17) is 4.74 Å². The summed E-state index contributed by atoms with van der Waals surface area (Å²) in [5.41, 5.74) is 1.41. The molecule has 3 aliphatic heterocycles. The van der Waals surface area contributed by atoms with Crippen molar-refractivity contribution in [1.29, 1.82) is 0 Å². The Hall–Kier alpha value is -2.81. The van der Waals surface area contributed by atoms with Gasteiger partial charge in [-0.1, -0.05) is 6.07 Å². The molecule has 3 saturated heterocycles. The number of hydrogen-bond acceptors (Lipinski definition) is 6. The van der Waals surface area contributed by atoms with Gasteiger partial charge in [-0.15, -0.1) is 0 Å². The quantitative estimate of drug-likeness (QED) is 0.790. The number of imide groups is 1. The maximum atomic E-state index is 12.2. The molecule has 9 heteroatoms. The molecule has 3 heterocycles. The Bertz CT molecular complexity index is 854. The molecule has 0 unspecified atom stereocenters. The standard InChI is InChI=1S/C22H31N5O4/c1-22(2,3)31-21(30)25-11-9-24(10-12-25)18-14-26(15-18)16-5-4-6-17(13-16)27-8-7-19(28)23-20(27)29/h4-6,13,18H,7-12,14-15H2,1-3H3,(H,23,28,29). The van der Waals surface area contributed by atoms with Crippen LogP contribution >= 0.6 is 0 Å². The molecule has 0 spiro atoms. The number of carbonyl (C=O) groups is 3. The minimum absolute atomic E-state index is 0.227. The summed E-state index contributed by atoms with van der Waals surface area (Å²) < 4.78 is 5.47. The van der Waals surface area contributed by atoms with Crippen molar-refractivity contribution in [3.63, 3.8) is 0 Å². The molecule has 0 aromatic heterocycles. The summed E-state index contributed by atoms with van der Waals surface area (Å²) >= 11 is 0. The first-order chi connectivity index (χ1) is 14.7. The van der Waals surface area contributed by atoms with Gasteiger partial charge in [-0.25, -0.2) is 9.59 Å². The Morgan fingerprint density at radius 2 is 1.71 bits per heavy atom. The first-order valence-corrected chi connectivity index (χ1v) is 10.9. The van der Waals surface area contributed by atoms with Gasteiger partial charge in [-0.05, 0) is 39.0 Å². The monoisotopic (exact) mass is 429 g/mol. The normalized spacial score (nSPS) is 21.1. The molecule has 168 valence electrons. The second-order valence-electron chi connectivity index (χ2n) is 9.34. The van der Waals surface area contributed by atoms with Crippen LogP contribution in [0.5, 0.6) is 0 Å². The number of nitrogens with zero attached hydrogens (tertiary/aromatic N) is 4. The molecule has 0 atom stereocenters. The van der Waals surface area contributed by atoms with Gasteiger partial charge in [0, 0.05) is 69.7 Å². The molecule has 4 amide bonds. The zero-order chi connectivity index (χ0) is 22.2. The topological polar surface area (TPSA) is 85.4 Å². The van der Waals surface area contributed by atoms with E-state index in [9.17, 15) is 14.4 Å². The summed E-state index contributed by atoms with van der Waals surface area (Å²) in [4.78, 5) is 43.9. The van der Waals surface area contributed by atoms with E-state index in [1.165, 1.54) is 0 Å². The number of rotatable bonds is 3. The Balaban J connectivity index is 1.28. The number of amides is 4. The van der Waals surface area contributed by atoms with Gasteiger partial charge in [0.2, 0.25) is 5.91 Å². The Morgan fingerprint density at radius 1 is 1.03 bits per heavy atom. The number of carbonyl (C=O) groups excluding carboxylic acids is 3. The van der Waals surface area contributed by atoms with Crippen molar-refractivity contribution in [2.75, 3.05) is 55.6 Å².